The van der Waals surface area contributed by atoms with Crippen LogP contribution in [0.5, 0.6) is 5.75 Å². The van der Waals surface area contributed by atoms with E-state index in [1.807, 2.05) is 6.92 Å². The summed E-state index contributed by atoms with van der Waals surface area (Å²) in [7, 11) is 0. The fourth-order valence-corrected chi connectivity index (χ4v) is 1.39. The highest BCUT2D eigenvalue weighted by Crippen LogP contribution is 2.15. The molecule has 0 aliphatic rings. The Balaban J connectivity index is 2.73. The quantitative estimate of drug-likeness (QED) is 0.757. The van der Waals surface area contributed by atoms with Gasteiger partial charge in [-0.1, -0.05) is 31.4 Å². The first-order valence-electron chi connectivity index (χ1n) is 5.24. The third kappa shape index (κ3) is 3.03. The molecule has 0 spiro atoms. The Bertz CT molecular complexity index is 407. The van der Waals surface area contributed by atoms with Crippen molar-refractivity contribution in [3.8, 4) is 18.1 Å². The summed E-state index contributed by atoms with van der Waals surface area (Å²) in [5.74, 6) is 2.14. The van der Waals surface area contributed by atoms with Gasteiger partial charge in [0.1, 0.15) is 5.75 Å². The number of carbonyl (C=O) groups excluding carboxylic acids is 1. The van der Waals surface area contributed by atoms with Crippen LogP contribution >= 0.6 is 0 Å². The molecule has 0 aliphatic carbocycles. The molecular formula is C13H15NO2. The molecule has 0 saturated heterocycles. The van der Waals surface area contributed by atoms with E-state index in [1.54, 1.807) is 18.2 Å². The molecule has 2 N–H and O–H groups in total. The number of benzene rings is 1. The van der Waals surface area contributed by atoms with Gasteiger partial charge in [-0.25, -0.2) is 0 Å². The van der Waals surface area contributed by atoms with Crippen molar-refractivity contribution in [3.63, 3.8) is 0 Å². The van der Waals surface area contributed by atoms with Gasteiger partial charge in [0.2, 0.25) is 0 Å². The van der Waals surface area contributed by atoms with Gasteiger partial charge in [-0.2, -0.15) is 0 Å². The molecule has 84 valence electrons. The normalized spacial score (nSPS) is 11.5. The van der Waals surface area contributed by atoms with Crippen molar-refractivity contribution in [2.24, 2.45) is 0 Å². The summed E-state index contributed by atoms with van der Waals surface area (Å²) in [6.45, 7) is 2.00. The molecule has 0 fully saturated rings. The lowest BCUT2D eigenvalue weighted by Gasteiger charge is -2.12. The molecular weight excluding hydrogens is 202 g/mol. The molecule has 0 bridgehead atoms. The van der Waals surface area contributed by atoms with E-state index in [9.17, 15) is 9.90 Å². The Morgan fingerprint density at radius 3 is 2.81 bits per heavy atom. The average molecular weight is 217 g/mol. The number of carbonyl (C=O) groups is 1. The van der Waals surface area contributed by atoms with Crippen molar-refractivity contribution in [2.45, 2.75) is 25.8 Å². The van der Waals surface area contributed by atoms with Gasteiger partial charge in [-0.15, -0.1) is 6.42 Å². The van der Waals surface area contributed by atoms with Crippen LogP contribution in [-0.2, 0) is 0 Å². The number of phenolic OH excluding ortho intramolecular Hbond substituents is 1. The molecule has 3 heteroatoms. The first-order chi connectivity index (χ1) is 7.69. The molecule has 0 radical (unpaired) electrons. The number of aromatic hydroxyl groups is 1. The number of amides is 1. The molecule has 0 saturated carbocycles. The predicted octanol–water partition coefficient (Wildman–Crippen LogP) is 1.92. The average Bonchev–Trinajstić information content (AvgIpc) is 2.28. The van der Waals surface area contributed by atoms with Crippen molar-refractivity contribution in [1.82, 2.24) is 5.32 Å². The predicted molar refractivity (Wildman–Crippen MR) is 63.1 cm³/mol. The second-order valence-corrected chi connectivity index (χ2v) is 3.50. The topological polar surface area (TPSA) is 49.3 Å². The standard InChI is InChI=1S/C13H15NO2/c1-3-7-10(4-2)14-13(16)11-8-5-6-9-12(11)15/h2,5-6,8-10,15H,3,7H2,1H3,(H,14,16). The minimum Gasteiger partial charge on any atom is -0.507 e. The summed E-state index contributed by atoms with van der Waals surface area (Å²) in [6.07, 6.45) is 6.93. The highest BCUT2D eigenvalue weighted by molar-refractivity contribution is 5.97. The Kier molecular flexibility index (Phi) is 4.41. The van der Waals surface area contributed by atoms with Crippen LogP contribution in [0, 0.1) is 12.3 Å². The van der Waals surface area contributed by atoms with Crippen LogP contribution in [0.3, 0.4) is 0 Å². The van der Waals surface area contributed by atoms with Crippen LogP contribution in [-0.4, -0.2) is 17.1 Å². The number of hydrogen-bond donors (Lipinski definition) is 2. The van der Waals surface area contributed by atoms with Gasteiger partial charge < -0.3 is 10.4 Å². The summed E-state index contributed by atoms with van der Waals surface area (Å²) < 4.78 is 0. The molecule has 0 aromatic heterocycles. The van der Waals surface area contributed by atoms with E-state index < -0.39 is 0 Å². The van der Waals surface area contributed by atoms with Crippen molar-refractivity contribution < 1.29 is 9.90 Å². The molecule has 0 aliphatic heterocycles. The zero-order chi connectivity index (χ0) is 12.0. The van der Waals surface area contributed by atoms with Crippen LogP contribution in [0.2, 0.25) is 0 Å². The summed E-state index contributed by atoms with van der Waals surface area (Å²) in [5, 5.41) is 12.2. The SMILES string of the molecule is C#CC(CCC)NC(=O)c1ccccc1O. The first-order valence-corrected chi connectivity index (χ1v) is 5.24. The number of para-hydroxylation sites is 1. The Morgan fingerprint density at radius 2 is 2.25 bits per heavy atom. The lowest BCUT2D eigenvalue weighted by molar-refractivity contribution is 0.0941. The van der Waals surface area contributed by atoms with Crippen molar-refractivity contribution in [1.29, 1.82) is 0 Å². The van der Waals surface area contributed by atoms with Crippen LogP contribution in [0.25, 0.3) is 0 Å². The highest BCUT2D eigenvalue weighted by atomic mass is 16.3. The monoisotopic (exact) mass is 217 g/mol. The zero-order valence-corrected chi connectivity index (χ0v) is 9.23. The molecule has 1 amide bonds. The van der Waals surface area contributed by atoms with Gasteiger partial charge in [-0.3, -0.25) is 4.79 Å². The van der Waals surface area contributed by atoms with E-state index in [2.05, 4.69) is 11.2 Å². The molecule has 3 nitrogen and oxygen atoms in total. The van der Waals surface area contributed by atoms with Crippen LogP contribution < -0.4 is 5.32 Å². The second kappa shape index (κ2) is 5.82. The summed E-state index contributed by atoms with van der Waals surface area (Å²) in [5.41, 5.74) is 0.249. The lowest BCUT2D eigenvalue weighted by atomic mass is 10.1. The fourth-order valence-electron chi connectivity index (χ4n) is 1.39. The largest absolute Gasteiger partial charge is 0.507 e. The van der Waals surface area contributed by atoms with Crippen molar-refractivity contribution in [2.75, 3.05) is 0 Å². The molecule has 16 heavy (non-hydrogen) atoms. The van der Waals surface area contributed by atoms with Gasteiger partial charge in [0.15, 0.2) is 0 Å². The van der Waals surface area contributed by atoms with Crippen LogP contribution in [0.1, 0.15) is 30.1 Å². The van der Waals surface area contributed by atoms with Gasteiger partial charge in [-0.05, 0) is 18.6 Å². The zero-order valence-electron chi connectivity index (χ0n) is 9.23. The summed E-state index contributed by atoms with van der Waals surface area (Å²) in [4.78, 5) is 11.7. The van der Waals surface area contributed by atoms with E-state index in [-0.39, 0.29) is 23.3 Å². The third-order valence-electron chi connectivity index (χ3n) is 2.23. The Labute approximate surface area is 95.5 Å². The maximum Gasteiger partial charge on any atom is 0.256 e. The molecule has 1 aromatic rings. The van der Waals surface area contributed by atoms with E-state index in [1.165, 1.54) is 6.07 Å². The third-order valence-corrected chi connectivity index (χ3v) is 2.23. The van der Waals surface area contributed by atoms with E-state index in [0.717, 1.165) is 12.8 Å². The minimum absolute atomic E-state index is 0.0349. The van der Waals surface area contributed by atoms with Crippen LogP contribution in [0.4, 0.5) is 0 Å². The molecule has 1 aromatic carbocycles. The number of rotatable bonds is 4. The summed E-state index contributed by atoms with van der Waals surface area (Å²) in [6, 6.07) is 6.11. The van der Waals surface area contributed by atoms with E-state index in [4.69, 9.17) is 6.42 Å². The van der Waals surface area contributed by atoms with Gasteiger partial charge >= 0.3 is 0 Å². The fraction of sp³-hybridized carbons (Fsp3) is 0.308. The minimum atomic E-state index is -0.338. The second-order valence-electron chi connectivity index (χ2n) is 3.50. The number of phenols is 1. The van der Waals surface area contributed by atoms with Gasteiger partial charge in [0, 0.05) is 0 Å². The van der Waals surface area contributed by atoms with Crippen molar-refractivity contribution in [3.05, 3.63) is 29.8 Å². The molecule has 0 heterocycles. The Morgan fingerprint density at radius 1 is 1.56 bits per heavy atom. The van der Waals surface area contributed by atoms with Crippen LogP contribution in [0.15, 0.2) is 24.3 Å². The molecule has 1 unspecified atom stereocenters. The van der Waals surface area contributed by atoms with E-state index in [0.29, 0.717) is 0 Å². The number of hydrogen-bond acceptors (Lipinski definition) is 2. The van der Waals surface area contributed by atoms with Crippen molar-refractivity contribution >= 4 is 5.91 Å². The maximum atomic E-state index is 11.7. The lowest BCUT2D eigenvalue weighted by Crippen LogP contribution is -2.33. The highest BCUT2D eigenvalue weighted by Gasteiger charge is 2.13. The maximum absolute atomic E-state index is 11.7. The molecule has 1 rings (SSSR count). The number of terminal acetylenes is 1. The Hall–Kier alpha value is -1.95. The smallest absolute Gasteiger partial charge is 0.256 e. The summed E-state index contributed by atoms with van der Waals surface area (Å²) >= 11 is 0. The van der Waals surface area contributed by atoms with Gasteiger partial charge in [0.25, 0.3) is 5.91 Å². The van der Waals surface area contributed by atoms with E-state index >= 15 is 0 Å². The number of nitrogens with one attached hydrogen (secondary N) is 1. The van der Waals surface area contributed by atoms with Gasteiger partial charge in [0.05, 0.1) is 11.6 Å². The first kappa shape index (κ1) is 12.1. The molecule has 1 atom stereocenters.